The summed E-state index contributed by atoms with van der Waals surface area (Å²) >= 11 is 1.15. The SMILES string of the molecule is COc1ccc(N2C(=O)C(Nc3ccc(C)cc3)=C(Sc3ccc(NC(=O)c4ccc5c(c4)OCO5)cc3)C2=O)c(OC)c1. The molecule has 6 rings (SSSR count). The Balaban J connectivity index is 1.26. The van der Waals surface area contributed by atoms with Crippen LogP contribution in [0.4, 0.5) is 17.1 Å². The number of nitrogens with one attached hydrogen (secondary N) is 2. The number of nitrogens with zero attached hydrogens (tertiary/aromatic N) is 1. The van der Waals surface area contributed by atoms with E-state index in [1.807, 2.05) is 31.2 Å². The molecule has 4 aromatic rings. The van der Waals surface area contributed by atoms with E-state index in [1.54, 1.807) is 60.7 Å². The first-order chi connectivity index (χ1) is 21.3. The molecule has 0 aromatic heterocycles. The first-order valence-corrected chi connectivity index (χ1v) is 14.3. The quantitative estimate of drug-likeness (QED) is 0.221. The van der Waals surface area contributed by atoms with E-state index in [0.717, 1.165) is 22.2 Å². The summed E-state index contributed by atoms with van der Waals surface area (Å²) in [5.41, 5.74) is 3.14. The third kappa shape index (κ3) is 5.64. The van der Waals surface area contributed by atoms with E-state index in [2.05, 4.69) is 10.6 Å². The fraction of sp³-hybridized carbons (Fsp3) is 0.121. The van der Waals surface area contributed by atoms with E-state index in [0.29, 0.717) is 50.5 Å². The fourth-order valence-corrected chi connectivity index (χ4v) is 5.58. The minimum Gasteiger partial charge on any atom is -0.497 e. The second-order valence-corrected chi connectivity index (χ2v) is 10.9. The van der Waals surface area contributed by atoms with Crippen LogP contribution in [-0.2, 0) is 9.59 Å². The van der Waals surface area contributed by atoms with Gasteiger partial charge in [0, 0.05) is 27.9 Å². The molecule has 0 bridgehead atoms. The largest absolute Gasteiger partial charge is 0.497 e. The Morgan fingerprint density at radius 2 is 1.55 bits per heavy atom. The number of thioether (sulfide) groups is 1. The topological polar surface area (TPSA) is 115 Å². The number of hydrogen-bond donors (Lipinski definition) is 2. The predicted octanol–water partition coefficient (Wildman–Crippen LogP) is 5.98. The number of anilines is 3. The van der Waals surface area contributed by atoms with Crippen LogP contribution in [0, 0.1) is 6.92 Å². The number of rotatable bonds is 9. The number of methoxy groups -OCH3 is 2. The molecule has 2 N–H and O–H groups in total. The fourth-order valence-electron chi connectivity index (χ4n) is 4.65. The molecule has 2 aliphatic rings. The van der Waals surface area contributed by atoms with Gasteiger partial charge in [-0.1, -0.05) is 29.5 Å². The molecule has 222 valence electrons. The maximum absolute atomic E-state index is 13.9. The molecule has 2 heterocycles. The van der Waals surface area contributed by atoms with Gasteiger partial charge in [-0.2, -0.15) is 0 Å². The first-order valence-electron chi connectivity index (χ1n) is 13.5. The molecular formula is C33H27N3O7S. The molecule has 0 fully saturated rings. The molecule has 3 amide bonds. The lowest BCUT2D eigenvalue weighted by Gasteiger charge is -2.19. The van der Waals surface area contributed by atoms with Crippen molar-refractivity contribution in [3.05, 3.63) is 107 Å². The lowest BCUT2D eigenvalue weighted by Crippen LogP contribution is -2.32. The smallest absolute Gasteiger partial charge is 0.283 e. The summed E-state index contributed by atoms with van der Waals surface area (Å²) in [5, 5.41) is 6.02. The van der Waals surface area contributed by atoms with Crippen LogP contribution in [0.1, 0.15) is 15.9 Å². The van der Waals surface area contributed by atoms with Gasteiger partial charge in [-0.15, -0.1) is 0 Å². The molecule has 4 aromatic carbocycles. The van der Waals surface area contributed by atoms with E-state index in [1.165, 1.54) is 14.2 Å². The van der Waals surface area contributed by atoms with Gasteiger partial charge in [0.1, 0.15) is 22.1 Å². The number of fused-ring (bicyclic) bond motifs is 1. The number of imide groups is 1. The van der Waals surface area contributed by atoms with Crippen LogP contribution in [0.5, 0.6) is 23.0 Å². The first kappa shape index (κ1) is 28.7. The molecule has 0 saturated heterocycles. The molecule has 0 spiro atoms. The summed E-state index contributed by atoms with van der Waals surface area (Å²) in [6, 6.07) is 24.4. The minimum atomic E-state index is -0.519. The maximum atomic E-state index is 13.9. The van der Waals surface area contributed by atoms with Crippen molar-refractivity contribution in [2.45, 2.75) is 11.8 Å². The molecule has 10 nitrogen and oxygen atoms in total. The van der Waals surface area contributed by atoms with E-state index in [-0.39, 0.29) is 23.3 Å². The van der Waals surface area contributed by atoms with Crippen LogP contribution in [0.2, 0.25) is 0 Å². The number of aryl methyl sites for hydroxylation is 1. The summed E-state index contributed by atoms with van der Waals surface area (Å²) in [4.78, 5) is 42.5. The average Bonchev–Trinajstić information content (AvgIpc) is 3.60. The summed E-state index contributed by atoms with van der Waals surface area (Å²) in [7, 11) is 2.99. The van der Waals surface area contributed by atoms with Crippen LogP contribution >= 0.6 is 11.8 Å². The second-order valence-electron chi connectivity index (χ2n) is 9.83. The second kappa shape index (κ2) is 12.1. The molecular weight excluding hydrogens is 582 g/mol. The van der Waals surface area contributed by atoms with Gasteiger partial charge < -0.3 is 29.6 Å². The predicted molar refractivity (Wildman–Crippen MR) is 167 cm³/mol. The number of carbonyl (C=O) groups is 3. The third-order valence-electron chi connectivity index (χ3n) is 6.96. The Bertz CT molecular complexity index is 1800. The number of carbonyl (C=O) groups excluding carboxylic acids is 3. The highest BCUT2D eigenvalue weighted by molar-refractivity contribution is 8.04. The minimum absolute atomic E-state index is 0.123. The van der Waals surface area contributed by atoms with Crippen molar-refractivity contribution >= 4 is 46.5 Å². The zero-order valence-corrected chi connectivity index (χ0v) is 24.8. The number of benzene rings is 4. The Morgan fingerprint density at radius 3 is 2.27 bits per heavy atom. The van der Waals surface area contributed by atoms with Crippen molar-refractivity contribution in [1.82, 2.24) is 0 Å². The van der Waals surface area contributed by atoms with Crippen molar-refractivity contribution in [1.29, 1.82) is 0 Å². The van der Waals surface area contributed by atoms with Crippen LogP contribution in [0.3, 0.4) is 0 Å². The molecule has 2 aliphatic heterocycles. The lowest BCUT2D eigenvalue weighted by molar-refractivity contribution is -0.120. The number of amides is 3. The Kier molecular flexibility index (Phi) is 7.86. The van der Waals surface area contributed by atoms with Crippen molar-refractivity contribution < 1.29 is 33.3 Å². The molecule has 0 saturated carbocycles. The van der Waals surface area contributed by atoms with Crippen LogP contribution < -0.4 is 34.5 Å². The highest BCUT2D eigenvalue weighted by Gasteiger charge is 2.41. The van der Waals surface area contributed by atoms with Crippen molar-refractivity contribution in [3.8, 4) is 23.0 Å². The Hall–Kier alpha value is -5.42. The summed E-state index contributed by atoms with van der Waals surface area (Å²) in [6.45, 7) is 2.09. The summed E-state index contributed by atoms with van der Waals surface area (Å²) in [6.07, 6.45) is 0. The highest BCUT2D eigenvalue weighted by Crippen LogP contribution is 2.42. The van der Waals surface area contributed by atoms with Crippen molar-refractivity contribution in [2.75, 3.05) is 36.5 Å². The van der Waals surface area contributed by atoms with Gasteiger partial charge in [-0.25, -0.2) is 4.90 Å². The third-order valence-corrected chi connectivity index (χ3v) is 8.05. The van der Waals surface area contributed by atoms with E-state index < -0.39 is 11.8 Å². The molecule has 0 unspecified atom stereocenters. The van der Waals surface area contributed by atoms with Gasteiger partial charge in [-0.05, 0) is 73.7 Å². The highest BCUT2D eigenvalue weighted by atomic mass is 32.2. The lowest BCUT2D eigenvalue weighted by atomic mass is 10.2. The molecule has 0 aliphatic carbocycles. The van der Waals surface area contributed by atoms with Gasteiger partial charge in [0.15, 0.2) is 11.5 Å². The Morgan fingerprint density at radius 1 is 0.818 bits per heavy atom. The molecule has 0 radical (unpaired) electrons. The standard InChI is InChI=1S/C33H27N3O7S/c1-19-4-7-21(8-5-19)34-29-30(33(39)36(32(29)38)25-14-11-23(40-2)17-27(25)41-3)44-24-12-9-22(10-13-24)35-31(37)20-6-15-26-28(16-20)43-18-42-26/h4-17,34H,18H2,1-3H3,(H,35,37). The number of ether oxygens (including phenoxy) is 4. The maximum Gasteiger partial charge on any atom is 0.283 e. The average molecular weight is 610 g/mol. The van der Waals surface area contributed by atoms with E-state index in [9.17, 15) is 14.4 Å². The zero-order chi connectivity index (χ0) is 30.8. The Labute approximate surface area is 257 Å². The van der Waals surface area contributed by atoms with Gasteiger partial charge in [0.2, 0.25) is 6.79 Å². The van der Waals surface area contributed by atoms with E-state index in [4.69, 9.17) is 18.9 Å². The van der Waals surface area contributed by atoms with Gasteiger partial charge in [0.25, 0.3) is 17.7 Å². The normalized spacial score (nSPS) is 13.8. The van der Waals surface area contributed by atoms with Crippen molar-refractivity contribution in [3.63, 3.8) is 0 Å². The van der Waals surface area contributed by atoms with Crippen LogP contribution in [0.25, 0.3) is 0 Å². The zero-order valence-electron chi connectivity index (χ0n) is 24.0. The summed E-state index contributed by atoms with van der Waals surface area (Å²) < 4.78 is 21.4. The van der Waals surface area contributed by atoms with Gasteiger partial charge in [-0.3, -0.25) is 14.4 Å². The van der Waals surface area contributed by atoms with Crippen molar-refractivity contribution in [2.24, 2.45) is 0 Å². The van der Waals surface area contributed by atoms with Gasteiger partial charge >= 0.3 is 0 Å². The van der Waals surface area contributed by atoms with Crippen LogP contribution in [-0.4, -0.2) is 38.7 Å². The van der Waals surface area contributed by atoms with Crippen LogP contribution in [0.15, 0.2) is 100 Å². The van der Waals surface area contributed by atoms with E-state index >= 15 is 0 Å². The van der Waals surface area contributed by atoms with Gasteiger partial charge in [0.05, 0.1) is 19.9 Å². The number of hydrogen-bond acceptors (Lipinski definition) is 9. The monoisotopic (exact) mass is 609 g/mol. The summed E-state index contributed by atoms with van der Waals surface area (Å²) in [5.74, 6) is 0.622. The molecule has 44 heavy (non-hydrogen) atoms. The molecule has 11 heteroatoms. The molecule has 0 atom stereocenters.